The van der Waals surface area contributed by atoms with E-state index in [-0.39, 0.29) is 11.4 Å². The van der Waals surface area contributed by atoms with Crippen molar-refractivity contribution >= 4 is 22.4 Å². The maximum Gasteiger partial charge on any atom is 0.310 e. The molecule has 3 aromatic rings. The predicted molar refractivity (Wildman–Crippen MR) is 86.7 cm³/mol. The lowest BCUT2D eigenvalue weighted by Gasteiger charge is -2.10. The van der Waals surface area contributed by atoms with Gasteiger partial charge in [-0.2, -0.15) is 20.3 Å². The Hall–Kier alpha value is -4.05. The molecule has 0 aliphatic carbocycles. The Bertz CT molecular complexity index is 1060. The molecule has 0 fully saturated rings. The second-order valence-electron chi connectivity index (χ2n) is 5.12. The van der Waals surface area contributed by atoms with Gasteiger partial charge in [-0.1, -0.05) is 0 Å². The van der Waals surface area contributed by atoms with Crippen LogP contribution in [0, 0.1) is 32.8 Å². The van der Waals surface area contributed by atoms with Crippen LogP contribution in [0.1, 0.15) is 12.5 Å². The fourth-order valence-electron chi connectivity index (χ4n) is 2.23. The molecule has 10 nitrogen and oxygen atoms in total. The van der Waals surface area contributed by atoms with E-state index in [2.05, 4.69) is 20.4 Å². The zero-order valence-corrected chi connectivity index (χ0v) is 12.9. The Balaban J connectivity index is 2.12. The molecule has 25 heavy (non-hydrogen) atoms. The largest absolute Gasteiger partial charge is 0.364 e. The van der Waals surface area contributed by atoms with Crippen LogP contribution < -0.4 is 5.32 Å². The number of nitrogens with zero attached hydrogens (tertiary/aromatic N) is 7. The zero-order valence-electron chi connectivity index (χ0n) is 12.9. The summed E-state index contributed by atoms with van der Waals surface area (Å²) in [5.41, 5.74) is 0.761. The van der Waals surface area contributed by atoms with E-state index in [4.69, 9.17) is 10.5 Å². The Morgan fingerprint density at radius 1 is 1.28 bits per heavy atom. The highest BCUT2D eigenvalue weighted by molar-refractivity contribution is 5.77. The molecule has 3 aromatic heterocycles. The van der Waals surface area contributed by atoms with Gasteiger partial charge in [0, 0.05) is 17.6 Å². The molecule has 0 saturated carbocycles. The quantitative estimate of drug-likeness (QED) is 0.562. The van der Waals surface area contributed by atoms with Crippen molar-refractivity contribution in [2.24, 2.45) is 0 Å². The summed E-state index contributed by atoms with van der Waals surface area (Å²) in [5, 5.41) is 36.6. The van der Waals surface area contributed by atoms with Crippen molar-refractivity contribution in [3.63, 3.8) is 0 Å². The van der Waals surface area contributed by atoms with Crippen molar-refractivity contribution in [1.29, 1.82) is 10.5 Å². The van der Waals surface area contributed by atoms with E-state index in [0.717, 1.165) is 6.20 Å². The van der Waals surface area contributed by atoms with Gasteiger partial charge in [-0.15, -0.1) is 0 Å². The number of aromatic nitrogens is 4. The molecule has 1 N–H and O–H groups in total. The van der Waals surface area contributed by atoms with Crippen molar-refractivity contribution in [2.75, 3.05) is 5.32 Å². The van der Waals surface area contributed by atoms with Gasteiger partial charge in [0.2, 0.25) is 0 Å². The third-order valence-electron chi connectivity index (χ3n) is 3.38. The van der Waals surface area contributed by atoms with E-state index in [9.17, 15) is 10.1 Å². The smallest absolute Gasteiger partial charge is 0.310 e. The molecule has 0 spiro atoms. The number of rotatable bonds is 4. The van der Waals surface area contributed by atoms with Crippen LogP contribution in [0.15, 0.2) is 30.7 Å². The fraction of sp³-hybridized carbons (Fsp3) is 0.133. The average molecular weight is 334 g/mol. The van der Waals surface area contributed by atoms with Crippen LogP contribution in [0.25, 0.3) is 16.9 Å². The molecule has 3 heterocycles. The number of nitrogens with one attached hydrogen (secondary N) is 1. The molecule has 0 radical (unpaired) electrons. The van der Waals surface area contributed by atoms with E-state index < -0.39 is 11.0 Å². The Morgan fingerprint density at radius 3 is 2.76 bits per heavy atom. The second-order valence-corrected chi connectivity index (χ2v) is 5.12. The summed E-state index contributed by atoms with van der Waals surface area (Å²) < 4.78 is 1.41. The minimum absolute atomic E-state index is 0.154. The standard InChI is InChI=1S/C15H10N8O2/c1-9(4-16)21-12-3-14(18-8-13(12)23(24)25)22-15-11(7-20-22)2-10(5-17)6-19-15/h2-3,6-9H,1H3,(H,18,21). The number of nitriles is 2. The second kappa shape index (κ2) is 6.22. The van der Waals surface area contributed by atoms with E-state index in [1.165, 1.54) is 23.1 Å². The summed E-state index contributed by atoms with van der Waals surface area (Å²) in [5.74, 6) is 0.297. The maximum absolute atomic E-state index is 11.1. The number of anilines is 1. The first-order valence-corrected chi connectivity index (χ1v) is 7.08. The summed E-state index contributed by atoms with van der Waals surface area (Å²) in [6.45, 7) is 1.58. The first-order chi connectivity index (χ1) is 12.0. The SMILES string of the molecule is CC(C#N)Nc1cc(-n2ncc3cc(C#N)cnc32)ncc1[N+](=O)[O-]. The van der Waals surface area contributed by atoms with Crippen LogP contribution in [0.3, 0.4) is 0 Å². The number of hydrogen-bond acceptors (Lipinski definition) is 8. The van der Waals surface area contributed by atoms with E-state index in [1.807, 2.05) is 12.1 Å². The van der Waals surface area contributed by atoms with Crippen LogP contribution in [-0.2, 0) is 0 Å². The molecular formula is C15H10N8O2. The van der Waals surface area contributed by atoms with E-state index in [1.54, 1.807) is 13.0 Å². The summed E-state index contributed by atoms with van der Waals surface area (Å²) in [6, 6.07) is 6.39. The van der Waals surface area contributed by atoms with Gasteiger partial charge in [0.1, 0.15) is 24.0 Å². The summed E-state index contributed by atoms with van der Waals surface area (Å²) in [6.07, 6.45) is 4.03. The number of pyridine rings is 2. The van der Waals surface area contributed by atoms with Crippen molar-refractivity contribution in [3.8, 4) is 18.0 Å². The van der Waals surface area contributed by atoms with Crippen LogP contribution in [0.4, 0.5) is 11.4 Å². The molecule has 0 amide bonds. The highest BCUT2D eigenvalue weighted by atomic mass is 16.6. The molecule has 1 atom stereocenters. The number of nitro groups is 1. The molecule has 0 bridgehead atoms. The van der Waals surface area contributed by atoms with Crippen LogP contribution in [0.5, 0.6) is 0 Å². The molecule has 0 aromatic carbocycles. The van der Waals surface area contributed by atoms with Crippen molar-refractivity contribution < 1.29 is 4.92 Å². The van der Waals surface area contributed by atoms with E-state index in [0.29, 0.717) is 22.4 Å². The number of hydrogen-bond donors (Lipinski definition) is 1. The molecule has 1 unspecified atom stereocenters. The molecule has 0 aliphatic heterocycles. The van der Waals surface area contributed by atoms with Gasteiger partial charge in [-0.3, -0.25) is 10.1 Å². The summed E-state index contributed by atoms with van der Waals surface area (Å²) >= 11 is 0. The van der Waals surface area contributed by atoms with Crippen LogP contribution in [-0.4, -0.2) is 30.7 Å². The van der Waals surface area contributed by atoms with Gasteiger partial charge in [-0.25, -0.2) is 9.97 Å². The minimum Gasteiger partial charge on any atom is -0.364 e. The van der Waals surface area contributed by atoms with Gasteiger partial charge < -0.3 is 5.32 Å². The van der Waals surface area contributed by atoms with Gasteiger partial charge in [0.25, 0.3) is 0 Å². The van der Waals surface area contributed by atoms with E-state index >= 15 is 0 Å². The lowest BCUT2D eigenvalue weighted by Crippen LogP contribution is -2.14. The molecule has 122 valence electrons. The monoisotopic (exact) mass is 334 g/mol. The first-order valence-electron chi connectivity index (χ1n) is 7.08. The lowest BCUT2D eigenvalue weighted by atomic mass is 10.2. The third kappa shape index (κ3) is 2.92. The fourth-order valence-corrected chi connectivity index (χ4v) is 2.23. The molecule has 10 heteroatoms. The Labute approximate surface area is 141 Å². The number of fused-ring (bicyclic) bond motifs is 1. The maximum atomic E-state index is 11.1. The first kappa shape index (κ1) is 15.8. The zero-order chi connectivity index (χ0) is 18.0. The molecular weight excluding hydrogens is 324 g/mol. The predicted octanol–water partition coefficient (Wildman–Crippen LogP) is 1.92. The van der Waals surface area contributed by atoms with Crippen molar-refractivity contribution in [1.82, 2.24) is 19.7 Å². The minimum atomic E-state index is -0.625. The topological polar surface area (TPSA) is 146 Å². The Kier molecular flexibility index (Phi) is 3.94. The van der Waals surface area contributed by atoms with Gasteiger partial charge in [-0.05, 0) is 13.0 Å². The van der Waals surface area contributed by atoms with Crippen molar-refractivity contribution in [2.45, 2.75) is 13.0 Å². The van der Waals surface area contributed by atoms with Crippen LogP contribution >= 0.6 is 0 Å². The average Bonchev–Trinajstić information content (AvgIpc) is 3.04. The van der Waals surface area contributed by atoms with Crippen LogP contribution in [0.2, 0.25) is 0 Å². The van der Waals surface area contributed by atoms with Gasteiger partial charge in [0.15, 0.2) is 11.5 Å². The van der Waals surface area contributed by atoms with Gasteiger partial charge >= 0.3 is 5.69 Å². The molecule has 0 aliphatic rings. The van der Waals surface area contributed by atoms with Crippen molar-refractivity contribution in [3.05, 3.63) is 46.4 Å². The summed E-state index contributed by atoms with van der Waals surface area (Å²) in [7, 11) is 0. The summed E-state index contributed by atoms with van der Waals surface area (Å²) in [4.78, 5) is 18.8. The molecule has 3 rings (SSSR count). The highest BCUT2D eigenvalue weighted by Gasteiger charge is 2.19. The Morgan fingerprint density at radius 2 is 2.08 bits per heavy atom. The van der Waals surface area contributed by atoms with Gasteiger partial charge in [0.05, 0.1) is 22.8 Å². The lowest BCUT2D eigenvalue weighted by molar-refractivity contribution is -0.384. The third-order valence-corrected chi connectivity index (χ3v) is 3.38. The highest BCUT2D eigenvalue weighted by Crippen LogP contribution is 2.27. The molecule has 0 saturated heterocycles. The normalized spacial score (nSPS) is 11.5.